The molecule has 0 bridgehead atoms. The van der Waals surface area contributed by atoms with Crippen molar-refractivity contribution in [3.8, 4) is 0 Å². The van der Waals surface area contributed by atoms with Gasteiger partial charge in [-0.2, -0.15) is 0 Å². The van der Waals surface area contributed by atoms with Crippen molar-refractivity contribution >= 4 is 3.21 Å². The van der Waals surface area contributed by atoms with Crippen LogP contribution in [-0.2, 0) is 21.3 Å². The number of halogens is 2. The minimum Gasteiger partial charge on any atom is -1.00 e. The summed E-state index contributed by atoms with van der Waals surface area (Å²) in [6.45, 7) is 12.1. The van der Waals surface area contributed by atoms with Crippen LogP contribution in [0.3, 0.4) is 0 Å². The predicted octanol–water partition coefficient (Wildman–Crippen LogP) is 1.98. The molecule has 3 aliphatic carbocycles. The Labute approximate surface area is 210 Å². The molecule has 166 valence electrons. The standard InChI is InChI=1S/C11H17.C9H11.C8H8.2ClH.Zr/c1-8(2)10-6-5-7-11(10)9(3)4;1-2-5-9-7-3-6-8(9)4-1;1-2-8-6-4-3-5-7-8;;;/h6,8-9H,5H2,1-4H3;3,6-7H,1-2,4-5H2;3-7H,1H3;2*1H;/q;;;;;+2/p-2. The van der Waals surface area contributed by atoms with E-state index in [0.29, 0.717) is 11.8 Å². The molecular weight excluding hydrogens is 498 g/mol. The van der Waals surface area contributed by atoms with E-state index in [2.05, 4.69) is 83.2 Å². The minimum absolute atomic E-state index is 0. The molecule has 0 radical (unpaired) electrons. The van der Waals surface area contributed by atoms with Crippen molar-refractivity contribution in [2.75, 3.05) is 0 Å². The largest absolute Gasteiger partial charge is 1.00 e. The Morgan fingerprint density at radius 2 is 1.61 bits per heavy atom. The number of allylic oxidation sites excluding steroid dienone is 8. The van der Waals surface area contributed by atoms with E-state index in [1.165, 1.54) is 37.7 Å². The SMILES string of the molecule is C/[C](c1ccccc1)=[Zr+2](/[C]1=C(C(C)C)C(C(C)C)=CC1)[CH]1C=CC2=C1CCCC2.[Cl-].[Cl-]. The molecule has 0 fully saturated rings. The van der Waals surface area contributed by atoms with Gasteiger partial charge in [-0.05, 0) is 0 Å². The van der Waals surface area contributed by atoms with Gasteiger partial charge < -0.3 is 24.8 Å². The maximum atomic E-state index is 2.63. The van der Waals surface area contributed by atoms with Gasteiger partial charge in [-0.25, -0.2) is 0 Å². The Bertz CT molecular complexity index is 942. The molecule has 0 heterocycles. The Morgan fingerprint density at radius 1 is 0.935 bits per heavy atom. The molecule has 3 heteroatoms. The van der Waals surface area contributed by atoms with Crippen LogP contribution in [0.25, 0.3) is 0 Å². The summed E-state index contributed by atoms with van der Waals surface area (Å²) in [4.78, 5) is 0. The summed E-state index contributed by atoms with van der Waals surface area (Å²) < 4.78 is 4.38. The van der Waals surface area contributed by atoms with Crippen molar-refractivity contribution in [1.29, 1.82) is 0 Å². The van der Waals surface area contributed by atoms with Crippen LogP contribution in [0.2, 0.25) is 3.63 Å². The molecular formula is C28H36Cl2Zr. The second-order valence-electron chi connectivity index (χ2n) is 9.56. The van der Waals surface area contributed by atoms with Crippen LogP contribution in [0, 0.1) is 11.8 Å². The van der Waals surface area contributed by atoms with Gasteiger partial charge in [-0.3, -0.25) is 0 Å². The minimum atomic E-state index is -2.11. The maximum Gasteiger partial charge on any atom is -1.00 e. The van der Waals surface area contributed by atoms with Crippen LogP contribution in [0.5, 0.6) is 0 Å². The van der Waals surface area contributed by atoms with Crippen molar-refractivity contribution in [1.82, 2.24) is 0 Å². The molecule has 1 aromatic carbocycles. The molecule has 31 heavy (non-hydrogen) atoms. The van der Waals surface area contributed by atoms with Gasteiger partial charge in [-0.15, -0.1) is 0 Å². The van der Waals surface area contributed by atoms with Crippen molar-refractivity contribution in [3.05, 3.63) is 79.7 Å². The van der Waals surface area contributed by atoms with Crippen molar-refractivity contribution in [3.63, 3.8) is 0 Å². The van der Waals surface area contributed by atoms with Crippen LogP contribution in [0.1, 0.15) is 72.3 Å². The van der Waals surface area contributed by atoms with Crippen LogP contribution in [-0.4, -0.2) is 3.21 Å². The third-order valence-corrected chi connectivity index (χ3v) is 15.3. The second-order valence-corrected chi connectivity index (χ2v) is 16.5. The summed E-state index contributed by atoms with van der Waals surface area (Å²) in [6.07, 6.45) is 14.4. The number of hydrogen-bond acceptors (Lipinski definition) is 0. The smallest absolute Gasteiger partial charge is 1.00 e. The summed E-state index contributed by atoms with van der Waals surface area (Å²) in [5.41, 5.74) is 8.40. The van der Waals surface area contributed by atoms with Gasteiger partial charge in [0.15, 0.2) is 0 Å². The summed E-state index contributed by atoms with van der Waals surface area (Å²) in [6, 6.07) is 11.3. The van der Waals surface area contributed by atoms with E-state index in [9.17, 15) is 0 Å². The fraction of sp³-hybridized carbons (Fsp3) is 0.464. The van der Waals surface area contributed by atoms with E-state index in [1.54, 1.807) is 19.9 Å². The normalized spacial score (nSPS) is 20.5. The van der Waals surface area contributed by atoms with E-state index in [0.717, 1.165) is 3.63 Å². The average Bonchev–Trinajstić information content (AvgIpc) is 3.34. The maximum absolute atomic E-state index is 2.63. The first-order chi connectivity index (χ1) is 14.0. The molecule has 0 aliphatic heterocycles. The predicted molar refractivity (Wildman–Crippen MR) is 124 cm³/mol. The fourth-order valence-corrected chi connectivity index (χ4v) is 15.0. The Hall–Kier alpha value is -0.487. The number of rotatable bonds is 5. The first kappa shape index (κ1) is 26.8. The van der Waals surface area contributed by atoms with Crippen molar-refractivity contribution < 1.29 is 46.1 Å². The van der Waals surface area contributed by atoms with E-state index in [1.807, 2.05) is 8.85 Å². The third-order valence-electron chi connectivity index (χ3n) is 7.03. The molecule has 0 nitrogen and oxygen atoms in total. The Kier molecular flexibility index (Phi) is 10.0. The molecule has 0 aromatic heterocycles. The monoisotopic (exact) mass is 532 g/mol. The average molecular weight is 535 g/mol. The van der Waals surface area contributed by atoms with Crippen molar-refractivity contribution in [2.24, 2.45) is 11.8 Å². The van der Waals surface area contributed by atoms with Gasteiger partial charge in [0.2, 0.25) is 0 Å². The summed E-state index contributed by atoms with van der Waals surface area (Å²) >= 11 is -2.11. The van der Waals surface area contributed by atoms with Gasteiger partial charge in [0.25, 0.3) is 0 Å². The van der Waals surface area contributed by atoms with Gasteiger partial charge in [0.1, 0.15) is 0 Å². The van der Waals surface area contributed by atoms with Gasteiger partial charge in [0.05, 0.1) is 0 Å². The van der Waals surface area contributed by atoms with Crippen LogP contribution in [0.15, 0.2) is 74.1 Å². The van der Waals surface area contributed by atoms with E-state index >= 15 is 0 Å². The van der Waals surface area contributed by atoms with E-state index < -0.39 is 21.3 Å². The van der Waals surface area contributed by atoms with E-state index in [-0.39, 0.29) is 24.8 Å². The zero-order valence-corrected chi connectivity index (χ0v) is 23.6. The summed E-state index contributed by atoms with van der Waals surface area (Å²) in [7, 11) is 0. The fourth-order valence-electron chi connectivity index (χ4n) is 5.68. The summed E-state index contributed by atoms with van der Waals surface area (Å²) in [5.74, 6) is 1.26. The molecule has 3 aliphatic rings. The Morgan fingerprint density at radius 3 is 2.26 bits per heavy atom. The third kappa shape index (κ3) is 5.37. The molecule has 4 rings (SSSR count). The molecule has 1 unspecified atom stereocenters. The first-order valence-electron chi connectivity index (χ1n) is 11.6. The quantitative estimate of drug-likeness (QED) is 0.542. The Balaban J connectivity index is 0.00000171. The van der Waals surface area contributed by atoms with E-state index in [4.69, 9.17) is 0 Å². The molecule has 1 atom stereocenters. The van der Waals surface area contributed by atoms with Crippen LogP contribution >= 0.6 is 0 Å². The number of hydrogen-bond donors (Lipinski definition) is 0. The molecule has 0 saturated heterocycles. The van der Waals surface area contributed by atoms with Crippen LogP contribution in [0.4, 0.5) is 0 Å². The second kappa shape index (κ2) is 11.6. The van der Waals surface area contributed by atoms with Crippen molar-refractivity contribution in [2.45, 2.75) is 70.3 Å². The first-order valence-corrected chi connectivity index (χ1v) is 15.5. The molecule has 0 N–H and O–H groups in total. The molecule has 1 aromatic rings. The number of benzene rings is 1. The molecule has 0 spiro atoms. The van der Waals surface area contributed by atoms with Gasteiger partial charge in [-0.1, -0.05) is 0 Å². The summed E-state index contributed by atoms with van der Waals surface area (Å²) in [5, 5.41) is 0. The molecule has 0 amide bonds. The van der Waals surface area contributed by atoms with Gasteiger partial charge >= 0.3 is 186 Å². The zero-order valence-electron chi connectivity index (χ0n) is 19.6. The topological polar surface area (TPSA) is 0 Å². The van der Waals surface area contributed by atoms with Gasteiger partial charge in [0, 0.05) is 0 Å². The van der Waals surface area contributed by atoms with Crippen LogP contribution < -0.4 is 24.8 Å². The molecule has 0 saturated carbocycles. The zero-order chi connectivity index (χ0) is 20.5.